The number of imidazole rings is 2. The van der Waals surface area contributed by atoms with E-state index in [1.54, 1.807) is 32.5 Å². The van der Waals surface area contributed by atoms with Gasteiger partial charge in [0.2, 0.25) is 11.8 Å². The van der Waals surface area contributed by atoms with Crippen LogP contribution in [0.1, 0.15) is 42.6 Å². The topological polar surface area (TPSA) is 108 Å². The van der Waals surface area contributed by atoms with Crippen molar-refractivity contribution in [3.63, 3.8) is 0 Å². The summed E-state index contributed by atoms with van der Waals surface area (Å²) in [6.45, 7) is 3.04. The van der Waals surface area contributed by atoms with E-state index in [1.807, 2.05) is 23.6 Å². The first-order valence-electron chi connectivity index (χ1n) is 12.8. The number of ether oxygens (including phenoxy) is 1. The van der Waals surface area contributed by atoms with Crippen molar-refractivity contribution in [2.45, 2.75) is 38.4 Å². The molecule has 6 rings (SSSR count). The Hall–Kier alpha value is -4.55. The quantitative estimate of drug-likeness (QED) is 0.286. The lowest BCUT2D eigenvalue weighted by Gasteiger charge is -2.12. The maximum Gasteiger partial charge on any atom is 0.434 e. The number of fused-ring (bicyclic) bond motifs is 1. The Morgan fingerprint density at radius 2 is 1.82 bits per heavy atom. The first-order chi connectivity index (χ1) is 19.3. The van der Waals surface area contributed by atoms with E-state index in [0.29, 0.717) is 59.0 Å². The maximum atomic E-state index is 13.1. The average molecular weight is 550 g/mol. The van der Waals surface area contributed by atoms with Gasteiger partial charge in [0.15, 0.2) is 17.2 Å². The Labute approximate surface area is 227 Å². The van der Waals surface area contributed by atoms with E-state index in [1.165, 1.54) is 10.9 Å². The van der Waals surface area contributed by atoms with Crippen LogP contribution in [0.15, 0.2) is 43.0 Å². The van der Waals surface area contributed by atoms with Gasteiger partial charge in [-0.25, -0.2) is 29.9 Å². The number of halogens is 3. The van der Waals surface area contributed by atoms with Gasteiger partial charge in [-0.3, -0.25) is 4.57 Å². The van der Waals surface area contributed by atoms with Crippen LogP contribution in [0.2, 0.25) is 0 Å². The predicted octanol–water partition coefficient (Wildman–Crippen LogP) is 5.07. The molecule has 0 spiro atoms. The van der Waals surface area contributed by atoms with E-state index in [2.05, 4.69) is 25.3 Å². The summed E-state index contributed by atoms with van der Waals surface area (Å²) < 4.78 is 48.3. The molecule has 0 atom stereocenters. The van der Waals surface area contributed by atoms with Gasteiger partial charge >= 0.3 is 6.18 Å². The lowest BCUT2D eigenvalue weighted by molar-refractivity contribution is -0.140. The summed E-state index contributed by atoms with van der Waals surface area (Å²) in [4.78, 5) is 26.8. The molecule has 0 unspecified atom stereocenters. The van der Waals surface area contributed by atoms with Gasteiger partial charge in [0.05, 0.1) is 25.5 Å². The SMILES string of the molecule is CCNc1nc2cnc(-c3c(OC)ncnc3C3CC3)nc2n1Cc1ccc(-c2nc(C(F)(F)F)cn2C)cc1. The molecule has 1 N–H and O–H groups in total. The van der Waals surface area contributed by atoms with Crippen LogP contribution in [0.3, 0.4) is 0 Å². The summed E-state index contributed by atoms with van der Waals surface area (Å²) in [5, 5.41) is 3.28. The van der Waals surface area contributed by atoms with Crippen LogP contribution in [0.25, 0.3) is 33.9 Å². The summed E-state index contributed by atoms with van der Waals surface area (Å²) in [7, 11) is 3.11. The van der Waals surface area contributed by atoms with Gasteiger partial charge in [0.25, 0.3) is 0 Å². The molecule has 40 heavy (non-hydrogen) atoms. The largest absolute Gasteiger partial charge is 0.480 e. The van der Waals surface area contributed by atoms with E-state index in [9.17, 15) is 13.2 Å². The van der Waals surface area contributed by atoms with Crippen molar-refractivity contribution < 1.29 is 17.9 Å². The van der Waals surface area contributed by atoms with Crippen molar-refractivity contribution in [1.29, 1.82) is 0 Å². The number of anilines is 1. The monoisotopic (exact) mass is 549 g/mol. The van der Waals surface area contributed by atoms with Gasteiger partial charge in [-0.1, -0.05) is 24.3 Å². The summed E-state index contributed by atoms with van der Waals surface area (Å²) in [6.07, 6.45) is 1.76. The molecule has 1 saturated carbocycles. The highest BCUT2D eigenvalue weighted by Gasteiger charge is 2.34. The number of nitrogens with zero attached hydrogens (tertiary/aromatic N) is 8. The molecule has 4 heterocycles. The second kappa shape index (κ2) is 9.88. The highest BCUT2D eigenvalue weighted by Crippen LogP contribution is 2.45. The molecule has 1 aliphatic rings. The van der Waals surface area contributed by atoms with Crippen LogP contribution < -0.4 is 10.1 Å². The molecule has 0 bridgehead atoms. The third-order valence-corrected chi connectivity index (χ3v) is 6.77. The number of benzene rings is 1. The van der Waals surface area contributed by atoms with E-state index >= 15 is 0 Å². The number of nitrogens with one attached hydrogen (secondary N) is 1. The molecule has 13 heteroatoms. The highest BCUT2D eigenvalue weighted by atomic mass is 19.4. The number of hydrogen-bond donors (Lipinski definition) is 1. The Morgan fingerprint density at radius 1 is 1.05 bits per heavy atom. The van der Waals surface area contributed by atoms with E-state index in [-0.39, 0.29) is 5.82 Å². The number of hydrogen-bond acceptors (Lipinski definition) is 8. The molecule has 4 aromatic heterocycles. The molecule has 1 aliphatic carbocycles. The third-order valence-electron chi connectivity index (χ3n) is 6.77. The number of aryl methyl sites for hydroxylation is 1. The lowest BCUT2D eigenvalue weighted by atomic mass is 10.1. The smallest absolute Gasteiger partial charge is 0.434 e. The zero-order chi connectivity index (χ0) is 28.0. The first kappa shape index (κ1) is 25.7. The number of alkyl halides is 3. The van der Waals surface area contributed by atoms with E-state index < -0.39 is 11.9 Å². The van der Waals surface area contributed by atoms with Gasteiger partial charge in [0, 0.05) is 31.3 Å². The molecule has 0 aliphatic heterocycles. The maximum absolute atomic E-state index is 13.1. The van der Waals surface area contributed by atoms with Crippen molar-refractivity contribution in [1.82, 2.24) is 39.0 Å². The lowest BCUT2D eigenvalue weighted by Crippen LogP contribution is -2.09. The molecule has 1 fully saturated rings. The third kappa shape index (κ3) is 4.71. The predicted molar refractivity (Wildman–Crippen MR) is 142 cm³/mol. The zero-order valence-corrected chi connectivity index (χ0v) is 22.1. The van der Waals surface area contributed by atoms with Crippen LogP contribution >= 0.6 is 0 Å². The standard InChI is InChI=1S/C27H26F3N9O/c1-4-31-26-35-18-11-32-22(20-21(16-9-10-16)33-14-34-25(20)40-3)37-24(18)39(26)12-15-5-7-17(8-6-15)23-36-19(13-38(23)2)27(28,29)30/h5-8,11,13-14,16H,4,9-10,12H2,1-3H3,(H,31,35). The van der Waals surface area contributed by atoms with Gasteiger partial charge < -0.3 is 14.6 Å². The van der Waals surface area contributed by atoms with E-state index in [0.717, 1.165) is 30.3 Å². The van der Waals surface area contributed by atoms with Crippen LogP contribution in [-0.2, 0) is 19.8 Å². The Balaban J connectivity index is 1.37. The minimum Gasteiger partial charge on any atom is -0.480 e. The number of aromatic nitrogens is 8. The van der Waals surface area contributed by atoms with Crippen LogP contribution in [-0.4, -0.2) is 52.7 Å². The fraction of sp³-hybridized carbons (Fsp3) is 0.333. The normalized spacial score (nSPS) is 13.7. The molecule has 5 aromatic rings. The molecule has 10 nitrogen and oxygen atoms in total. The second-order valence-electron chi connectivity index (χ2n) is 9.63. The van der Waals surface area contributed by atoms with Crippen molar-refractivity contribution in [2.24, 2.45) is 7.05 Å². The molecule has 0 amide bonds. The minimum absolute atomic E-state index is 0.239. The van der Waals surface area contributed by atoms with Crippen molar-refractivity contribution >= 4 is 17.1 Å². The fourth-order valence-electron chi connectivity index (χ4n) is 4.71. The Morgan fingerprint density at radius 3 is 2.48 bits per heavy atom. The summed E-state index contributed by atoms with van der Waals surface area (Å²) in [5.74, 6) is 2.08. The Kier molecular flexibility index (Phi) is 6.35. The molecule has 0 radical (unpaired) electrons. The average Bonchev–Trinajstić information content (AvgIpc) is 3.63. The van der Waals surface area contributed by atoms with Gasteiger partial charge in [0.1, 0.15) is 23.2 Å². The van der Waals surface area contributed by atoms with Crippen molar-refractivity contribution in [2.75, 3.05) is 19.0 Å². The Bertz CT molecular complexity index is 1690. The molecular formula is C27H26F3N9O. The number of methoxy groups -OCH3 is 1. The highest BCUT2D eigenvalue weighted by molar-refractivity contribution is 5.78. The first-order valence-corrected chi connectivity index (χ1v) is 12.8. The van der Waals surface area contributed by atoms with Gasteiger partial charge in [-0.05, 0) is 25.3 Å². The molecular weight excluding hydrogens is 523 g/mol. The van der Waals surface area contributed by atoms with Crippen molar-refractivity contribution in [3.8, 4) is 28.7 Å². The van der Waals surface area contributed by atoms with Crippen molar-refractivity contribution in [3.05, 3.63) is 59.9 Å². The fourth-order valence-corrected chi connectivity index (χ4v) is 4.71. The van der Waals surface area contributed by atoms with Crippen LogP contribution in [0, 0.1) is 0 Å². The summed E-state index contributed by atoms with van der Waals surface area (Å²) in [6, 6.07) is 7.25. The summed E-state index contributed by atoms with van der Waals surface area (Å²) >= 11 is 0. The second-order valence-corrected chi connectivity index (χ2v) is 9.63. The molecule has 206 valence electrons. The minimum atomic E-state index is -4.50. The number of rotatable bonds is 8. The van der Waals surface area contributed by atoms with Crippen LogP contribution in [0.4, 0.5) is 19.1 Å². The molecule has 1 aromatic carbocycles. The summed E-state index contributed by atoms with van der Waals surface area (Å²) in [5.41, 5.74) is 3.37. The zero-order valence-electron chi connectivity index (χ0n) is 22.1. The molecule has 0 saturated heterocycles. The van der Waals surface area contributed by atoms with Crippen LogP contribution in [0.5, 0.6) is 5.88 Å². The van der Waals surface area contributed by atoms with Gasteiger partial charge in [-0.2, -0.15) is 13.2 Å². The van der Waals surface area contributed by atoms with E-state index in [4.69, 9.17) is 14.7 Å². The van der Waals surface area contributed by atoms with Gasteiger partial charge in [-0.15, -0.1) is 0 Å².